The molecule has 0 bridgehead atoms. The van der Waals surface area contributed by atoms with Crippen LogP contribution in [0.25, 0.3) is 5.69 Å². The van der Waals surface area contributed by atoms with E-state index in [0.29, 0.717) is 10.8 Å². The predicted octanol–water partition coefficient (Wildman–Crippen LogP) is 4.42. The topological polar surface area (TPSA) is 55.6 Å². The number of rotatable bonds is 6. The fourth-order valence-corrected chi connectivity index (χ4v) is 2.61. The van der Waals surface area contributed by atoms with Gasteiger partial charge in [0.25, 0.3) is 5.91 Å². The average Bonchev–Trinajstić information content (AvgIpc) is 3.10. The van der Waals surface area contributed by atoms with Crippen molar-refractivity contribution < 1.29 is 9.53 Å². The number of benzene rings is 2. The van der Waals surface area contributed by atoms with Crippen LogP contribution in [0.2, 0.25) is 5.02 Å². The fourth-order valence-electron chi connectivity index (χ4n) is 2.22. The lowest BCUT2D eigenvalue weighted by Gasteiger charge is -2.06. The summed E-state index contributed by atoms with van der Waals surface area (Å²) in [6.07, 6.45) is 3.48. The van der Waals surface area contributed by atoms with Crippen LogP contribution in [-0.4, -0.2) is 23.3 Å². The van der Waals surface area contributed by atoms with Crippen molar-refractivity contribution >= 4 is 39.7 Å². The van der Waals surface area contributed by atoms with Gasteiger partial charge in [0, 0.05) is 21.4 Å². The summed E-state index contributed by atoms with van der Waals surface area (Å²) in [6.45, 7) is -0.114. The van der Waals surface area contributed by atoms with Crippen molar-refractivity contribution in [1.29, 1.82) is 0 Å². The SMILES string of the molecule is O=C(COc1ccc(Br)cc1)N/N=C\c1cccn1-c1ccc(Cl)cc1. The van der Waals surface area contributed by atoms with Crippen molar-refractivity contribution in [3.63, 3.8) is 0 Å². The summed E-state index contributed by atoms with van der Waals surface area (Å²) in [6, 6.07) is 18.5. The number of amides is 1. The molecule has 1 amide bonds. The van der Waals surface area contributed by atoms with Crippen LogP contribution in [-0.2, 0) is 4.79 Å². The maximum atomic E-state index is 11.8. The Labute approximate surface area is 164 Å². The number of halogens is 2. The van der Waals surface area contributed by atoms with Gasteiger partial charge in [-0.15, -0.1) is 0 Å². The Morgan fingerprint density at radius 3 is 2.62 bits per heavy atom. The molecule has 0 saturated carbocycles. The number of ether oxygens (including phenoxy) is 1. The Morgan fingerprint density at radius 1 is 1.15 bits per heavy atom. The van der Waals surface area contributed by atoms with E-state index in [4.69, 9.17) is 16.3 Å². The van der Waals surface area contributed by atoms with Gasteiger partial charge in [0.15, 0.2) is 6.61 Å². The summed E-state index contributed by atoms with van der Waals surface area (Å²) in [5.74, 6) is 0.276. The van der Waals surface area contributed by atoms with Crippen molar-refractivity contribution in [2.45, 2.75) is 0 Å². The van der Waals surface area contributed by atoms with Gasteiger partial charge in [-0.3, -0.25) is 4.79 Å². The van der Waals surface area contributed by atoms with Gasteiger partial charge in [-0.05, 0) is 60.7 Å². The minimum atomic E-state index is -0.339. The van der Waals surface area contributed by atoms with Crippen LogP contribution >= 0.6 is 27.5 Å². The highest BCUT2D eigenvalue weighted by atomic mass is 79.9. The molecule has 0 aliphatic carbocycles. The second kappa shape index (κ2) is 8.69. The molecule has 5 nitrogen and oxygen atoms in total. The molecule has 0 unspecified atom stereocenters. The molecule has 7 heteroatoms. The highest BCUT2D eigenvalue weighted by molar-refractivity contribution is 9.10. The molecular formula is C19H15BrClN3O2. The molecule has 3 rings (SSSR count). The summed E-state index contributed by atoms with van der Waals surface area (Å²) in [7, 11) is 0. The zero-order chi connectivity index (χ0) is 18.4. The third-order valence-corrected chi connectivity index (χ3v) is 4.24. The predicted molar refractivity (Wildman–Crippen MR) is 106 cm³/mol. The number of aromatic nitrogens is 1. The van der Waals surface area contributed by atoms with Crippen LogP contribution in [0.3, 0.4) is 0 Å². The molecule has 3 aromatic rings. The van der Waals surface area contributed by atoms with Gasteiger partial charge >= 0.3 is 0 Å². The first kappa shape index (κ1) is 18.2. The van der Waals surface area contributed by atoms with Crippen molar-refractivity contribution in [3.05, 3.63) is 82.0 Å². The van der Waals surface area contributed by atoms with Crippen molar-refractivity contribution in [3.8, 4) is 11.4 Å². The molecule has 26 heavy (non-hydrogen) atoms. The standard InChI is InChI=1S/C19H15BrClN3O2/c20-14-3-9-18(10-4-14)26-13-19(25)23-22-12-17-2-1-11-24(17)16-7-5-15(21)6-8-16/h1-12H,13H2,(H,23,25)/b22-12-. The monoisotopic (exact) mass is 431 g/mol. The zero-order valence-corrected chi connectivity index (χ0v) is 15.9. The van der Waals surface area contributed by atoms with Crippen LogP contribution in [0.4, 0.5) is 0 Å². The van der Waals surface area contributed by atoms with E-state index in [-0.39, 0.29) is 12.5 Å². The first-order valence-corrected chi connectivity index (χ1v) is 8.92. The van der Waals surface area contributed by atoms with Gasteiger partial charge in [0.2, 0.25) is 0 Å². The molecule has 2 aromatic carbocycles. The Hall–Kier alpha value is -2.57. The Morgan fingerprint density at radius 2 is 1.88 bits per heavy atom. The molecule has 1 aromatic heterocycles. The van der Waals surface area contributed by atoms with E-state index < -0.39 is 0 Å². The number of carbonyl (C=O) groups excluding carboxylic acids is 1. The number of nitrogens with zero attached hydrogens (tertiary/aromatic N) is 2. The van der Waals surface area contributed by atoms with E-state index in [2.05, 4.69) is 26.5 Å². The second-order valence-corrected chi connectivity index (χ2v) is 6.67. The minimum absolute atomic E-state index is 0.114. The maximum absolute atomic E-state index is 11.8. The molecular weight excluding hydrogens is 418 g/mol. The van der Waals surface area contributed by atoms with Gasteiger partial charge < -0.3 is 9.30 Å². The van der Waals surface area contributed by atoms with Gasteiger partial charge in [-0.1, -0.05) is 27.5 Å². The van der Waals surface area contributed by atoms with Crippen LogP contribution in [0.15, 0.2) is 76.4 Å². The van der Waals surface area contributed by atoms with Crippen LogP contribution in [0, 0.1) is 0 Å². The van der Waals surface area contributed by atoms with Crippen LogP contribution in [0.5, 0.6) is 5.75 Å². The van der Waals surface area contributed by atoms with E-state index in [0.717, 1.165) is 15.9 Å². The van der Waals surface area contributed by atoms with Crippen LogP contribution in [0.1, 0.15) is 5.69 Å². The lowest BCUT2D eigenvalue weighted by Crippen LogP contribution is -2.24. The molecule has 1 N–H and O–H groups in total. The Balaban J connectivity index is 1.55. The third-order valence-electron chi connectivity index (χ3n) is 3.45. The number of hydrogen-bond donors (Lipinski definition) is 1. The second-order valence-electron chi connectivity index (χ2n) is 5.32. The lowest BCUT2D eigenvalue weighted by atomic mass is 10.3. The van der Waals surface area contributed by atoms with Crippen molar-refractivity contribution in [2.24, 2.45) is 5.10 Å². The van der Waals surface area contributed by atoms with E-state index in [1.54, 1.807) is 18.3 Å². The first-order valence-electron chi connectivity index (χ1n) is 7.75. The highest BCUT2D eigenvalue weighted by Crippen LogP contribution is 2.16. The zero-order valence-electron chi connectivity index (χ0n) is 13.6. The molecule has 0 spiro atoms. The molecule has 0 fully saturated rings. The molecule has 0 saturated heterocycles. The summed E-state index contributed by atoms with van der Waals surface area (Å²) < 4.78 is 8.27. The molecule has 0 radical (unpaired) electrons. The summed E-state index contributed by atoms with van der Waals surface area (Å²) in [5, 5.41) is 4.66. The van der Waals surface area contributed by atoms with E-state index in [9.17, 15) is 4.79 Å². The Kier molecular flexibility index (Phi) is 6.09. The van der Waals surface area contributed by atoms with Crippen LogP contribution < -0.4 is 10.2 Å². The van der Waals surface area contributed by atoms with Gasteiger partial charge in [-0.25, -0.2) is 5.43 Å². The normalized spacial score (nSPS) is 10.8. The quantitative estimate of drug-likeness (QED) is 0.463. The molecule has 1 heterocycles. The number of nitrogens with one attached hydrogen (secondary N) is 1. The summed E-state index contributed by atoms with van der Waals surface area (Å²) in [4.78, 5) is 11.8. The number of hydrazone groups is 1. The highest BCUT2D eigenvalue weighted by Gasteiger charge is 2.03. The molecule has 0 aliphatic heterocycles. The Bertz CT molecular complexity index is 905. The van der Waals surface area contributed by atoms with E-state index in [1.807, 2.05) is 59.3 Å². The van der Waals surface area contributed by atoms with E-state index in [1.165, 1.54) is 0 Å². The first-order chi connectivity index (χ1) is 12.6. The summed E-state index contributed by atoms with van der Waals surface area (Å²) >= 11 is 9.26. The minimum Gasteiger partial charge on any atom is -0.484 e. The lowest BCUT2D eigenvalue weighted by molar-refractivity contribution is -0.123. The summed E-state index contributed by atoms with van der Waals surface area (Å²) in [5.41, 5.74) is 4.22. The van der Waals surface area contributed by atoms with Crippen molar-refractivity contribution in [2.75, 3.05) is 6.61 Å². The molecule has 132 valence electrons. The largest absolute Gasteiger partial charge is 0.484 e. The van der Waals surface area contributed by atoms with Crippen molar-refractivity contribution in [1.82, 2.24) is 9.99 Å². The van der Waals surface area contributed by atoms with Gasteiger partial charge in [0.1, 0.15) is 5.75 Å². The van der Waals surface area contributed by atoms with Gasteiger partial charge in [-0.2, -0.15) is 5.10 Å². The number of hydrogen-bond acceptors (Lipinski definition) is 3. The molecule has 0 atom stereocenters. The number of carbonyl (C=O) groups is 1. The van der Waals surface area contributed by atoms with Gasteiger partial charge in [0.05, 0.1) is 11.9 Å². The third kappa shape index (κ3) is 4.97. The molecule has 0 aliphatic rings. The smallest absolute Gasteiger partial charge is 0.277 e. The maximum Gasteiger partial charge on any atom is 0.277 e. The average molecular weight is 433 g/mol. The fraction of sp³-hybridized carbons (Fsp3) is 0.0526. The van der Waals surface area contributed by atoms with E-state index >= 15 is 0 Å².